The molecular formula is C22H24ClN3O. The van der Waals surface area contributed by atoms with Crippen molar-refractivity contribution in [2.45, 2.75) is 32.6 Å². The average molecular weight is 382 g/mol. The number of anilines is 1. The molecule has 27 heavy (non-hydrogen) atoms. The summed E-state index contributed by atoms with van der Waals surface area (Å²) in [7, 11) is 0. The highest BCUT2D eigenvalue weighted by molar-refractivity contribution is 6.30. The number of aromatic amines is 1. The molecular weight excluding hydrogens is 358 g/mol. The summed E-state index contributed by atoms with van der Waals surface area (Å²) in [5, 5.41) is 4.93. The second-order valence-electron chi connectivity index (χ2n) is 7.41. The maximum Gasteiger partial charge on any atom is 0.321 e. The molecule has 4 nitrogen and oxygen atoms in total. The first-order chi connectivity index (χ1) is 13.0. The van der Waals surface area contributed by atoms with Crippen molar-refractivity contribution in [3.05, 3.63) is 64.3 Å². The largest absolute Gasteiger partial charge is 0.358 e. The molecule has 0 radical (unpaired) electrons. The van der Waals surface area contributed by atoms with Gasteiger partial charge in [0.25, 0.3) is 0 Å². The molecule has 5 heteroatoms. The fourth-order valence-corrected chi connectivity index (χ4v) is 4.10. The standard InChI is InChI=1S/C22H24ClN3O/c1-14-3-8-20-19(13-14)15(2)21(25-20)16-9-11-26(12-10-16)22(27)24-18-6-4-17(23)5-7-18/h3-8,13,16,25H,9-12H2,1-2H3,(H,24,27). The summed E-state index contributed by atoms with van der Waals surface area (Å²) in [6, 6.07) is 13.7. The quantitative estimate of drug-likeness (QED) is 0.574. The van der Waals surface area contributed by atoms with Crippen LogP contribution in [0.15, 0.2) is 42.5 Å². The Morgan fingerprint density at radius 2 is 1.81 bits per heavy atom. The Bertz CT molecular complexity index is 969. The van der Waals surface area contributed by atoms with Crippen LogP contribution in [0.3, 0.4) is 0 Å². The number of urea groups is 1. The molecule has 1 saturated heterocycles. The maximum atomic E-state index is 12.5. The Labute approximate surface area is 164 Å². The van der Waals surface area contributed by atoms with E-state index in [2.05, 4.69) is 42.3 Å². The first kappa shape index (κ1) is 17.9. The topological polar surface area (TPSA) is 48.1 Å². The normalized spacial score (nSPS) is 15.3. The number of piperidine rings is 1. The number of aryl methyl sites for hydroxylation is 2. The monoisotopic (exact) mass is 381 g/mol. The molecule has 0 aliphatic carbocycles. The number of likely N-dealkylation sites (tertiary alicyclic amines) is 1. The maximum absolute atomic E-state index is 12.5. The molecule has 140 valence electrons. The summed E-state index contributed by atoms with van der Waals surface area (Å²) in [5.74, 6) is 0.470. The van der Waals surface area contributed by atoms with Crippen molar-refractivity contribution >= 4 is 34.2 Å². The molecule has 2 amide bonds. The van der Waals surface area contributed by atoms with Crippen LogP contribution < -0.4 is 5.32 Å². The smallest absolute Gasteiger partial charge is 0.321 e. The number of hydrogen-bond donors (Lipinski definition) is 2. The minimum Gasteiger partial charge on any atom is -0.358 e. The van der Waals surface area contributed by atoms with Crippen LogP contribution >= 0.6 is 11.6 Å². The number of carbonyl (C=O) groups is 1. The van der Waals surface area contributed by atoms with Crippen LogP contribution in [0.25, 0.3) is 10.9 Å². The molecule has 0 bridgehead atoms. The van der Waals surface area contributed by atoms with Gasteiger partial charge in [-0.1, -0.05) is 23.2 Å². The molecule has 0 atom stereocenters. The van der Waals surface area contributed by atoms with Gasteiger partial charge in [-0.05, 0) is 68.7 Å². The summed E-state index contributed by atoms with van der Waals surface area (Å²) < 4.78 is 0. The lowest BCUT2D eigenvalue weighted by molar-refractivity contribution is 0.194. The Balaban J connectivity index is 1.42. The molecule has 1 aliphatic rings. The summed E-state index contributed by atoms with van der Waals surface area (Å²) >= 11 is 5.90. The van der Waals surface area contributed by atoms with Crippen LogP contribution in [0, 0.1) is 13.8 Å². The molecule has 3 aromatic rings. The van der Waals surface area contributed by atoms with E-state index in [1.807, 2.05) is 17.0 Å². The van der Waals surface area contributed by atoms with E-state index >= 15 is 0 Å². The fourth-order valence-electron chi connectivity index (χ4n) is 3.98. The highest BCUT2D eigenvalue weighted by atomic mass is 35.5. The Kier molecular flexibility index (Phi) is 4.83. The minimum absolute atomic E-state index is 0.0419. The third-order valence-corrected chi connectivity index (χ3v) is 5.79. The van der Waals surface area contributed by atoms with Crippen LogP contribution in [0.2, 0.25) is 5.02 Å². The van der Waals surface area contributed by atoms with E-state index in [9.17, 15) is 4.79 Å². The highest BCUT2D eigenvalue weighted by Gasteiger charge is 2.26. The predicted molar refractivity (Wildman–Crippen MR) is 112 cm³/mol. The van der Waals surface area contributed by atoms with E-state index in [1.165, 1.54) is 27.7 Å². The van der Waals surface area contributed by atoms with Crippen LogP contribution in [0.5, 0.6) is 0 Å². The first-order valence-electron chi connectivity index (χ1n) is 9.41. The number of nitrogens with one attached hydrogen (secondary N) is 2. The second-order valence-corrected chi connectivity index (χ2v) is 7.85. The van der Waals surface area contributed by atoms with E-state index in [4.69, 9.17) is 11.6 Å². The number of fused-ring (bicyclic) bond motifs is 1. The van der Waals surface area contributed by atoms with Crippen molar-refractivity contribution in [1.82, 2.24) is 9.88 Å². The third-order valence-electron chi connectivity index (χ3n) is 5.54. The zero-order valence-electron chi connectivity index (χ0n) is 15.7. The van der Waals surface area contributed by atoms with Crippen LogP contribution in [-0.4, -0.2) is 29.0 Å². The molecule has 0 unspecified atom stereocenters. The number of aromatic nitrogens is 1. The van der Waals surface area contributed by atoms with E-state index in [0.29, 0.717) is 10.9 Å². The highest BCUT2D eigenvalue weighted by Crippen LogP contribution is 2.34. The van der Waals surface area contributed by atoms with Gasteiger partial charge in [-0.25, -0.2) is 4.79 Å². The van der Waals surface area contributed by atoms with Crippen molar-refractivity contribution in [2.24, 2.45) is 0 Å². The summed E-state index contributed by atoms with van der Waals surface area (Å²) in [6.07, 6.45) is 1.95. The molecule has 4 rings (SSSR count). The zero-order valence-corrected chi connectivity index (χ0v) is 16.4. The Morgan fingerprint density at radius 1 is 1.11 bits per heavy atom. The van der Waals surface area contributed by atoms with Crippen LogP contribution in [-0.2, 0) is 0 Å². The van der Waals surface area contributed by atoms with Crippen molar-refractivity contribution in [3.8, 4) is 0 Å². The number of amides is 2. The number of carbonyl (C=O) groups excluding carboxylic acids is 1. The van der Waals surface area contributed by atoms with Gasteiger partial charge in [0.2, 0.25) is 0 Å². The number of halogens is 1. The van der Waals surface area contributed by atoms with Gasteiger partial charge in [0.1, 0.15) is 0 Å². The average Bonchev–Trinajstić information content (AvgIpc) is 3.00. The lowest BCUT2D eigenvalue weighted by Gasteiger charge is -2.32. The van der Waals surface area contributed by atoms with Crippen molar-refractivity contribution in [2.75, 3.05) is 18.4 Å². The Morgan fingerprint density at radius 3 is 2.52 bits per heavy atom. The number of hydrogen-bond acceptors (Lipinski definition) is 1. The van der Waals surface area contributed by atoms with Gasteiger partial charge < -0.3 is 15.2 Å². The molecule has 0 spiro atoms. The molecule has 2 heterocycles. The fraction of sp³-hybridized carbons (Fsp3) is 0.318. The zero-order chi connectivity index (χ0) is 19.0. The molecule has 1 aliphatic heterocycles. The lowest BCUT2D eigenvalue weighted by Crippen LogP contribution is -2.40. The molecule has 0 saturated carbocycles. The number of H-pyrrole nitrogens is 1. The number of rotatable bonds is 2. The number of nitrogens with zero attached hydrogens (tertiary/aromatic N) is 1. The minimum atomic E-state index is -0.0419. The molecule has 2 aromatic carbocycles. The van der Waals surface area contributed by atoms with Gasteiger partial charge in [0, 0.05) is 46.3 Å². The van der Waals surface area contributed by atoms with Crippen molar-refractivity contribution < 1.29 is 4.79 Å². The SMILES string of the molecule is Cc1ccc2[nH]c(C3CCN(C(=O)Nc4ccc(Cl)cc4)CC3)c(C)c2c1. The van der Waals surface area contributed by atoms with Crippen molar-refractivity contribution in [1.29, 1.82) is 0 Å². The second kappa shape index (κ2) is 7.28. The van der Waals surface area contributed by atoms with Gasteiger partial charge in [0.05, 0.1) is 0 Å². The van der Waals surface area contributed by atoms with Crippen molar-refractivity contribution in [3.63, 3.8) is 0 Å². The molecule has 1 fully saturated rings. The van der Waals surface area contributed by atoms with Gasteiger partial charge in [-0.3, -0.25) is 0 Å². The lowest BCUT2D eigenvalue weighted by atomic mass is 9.91. The number of benzene rings is 2. The summed E-state index contributed by atoms with van der Waals surface area (Å²) in [4.78, 5) is 18.0. The van der Waals surface area contributed by atoms with Gasteiger partial charge in [0.15, 0.2) is 0 Å². The first-order valence-corrected chi connectivity index (χ1v) is 9.79. The third kappa shape index (κ3) is 3.67. The summed E-state index contributed by atoms with van der Waals surface area (Å²) in [5.41, 5.74) is 5.93. The van der Waals surface area contributed by atoms with E-state index in [-0.39, 0.29) is 6.03 Å². The van der Waals surface area contributed by atoms with E-state index < -0.39 is 0 Å². The molecule has 2 N–H and O–H groups in total. The van der Waals surface area contributed by atoms with Gasteiger partial charge in [-0.15, -0.1) is 0 Å². The summed E-state index contributed by atoms with van der Waals surface area (Å²) in [6.45, 7) is 5.85. The Hall–Kier alpha value is -2.46. The van der Waals surface area contributed by atoms with Crippen LogP contribution in [0.4, 0.5) is 10.5 Å². The molecule has 1 aromatic heterocycles. The van der Waals surface area contributed by atoms with Crippen LogP contribution in [0.1, 0.15) is 35.6 Å². The van der Waals surface area contributed by atoms with E-state index in [1.54, 1.807) is 12.1 Å². The van der Waals surface area contributed by atoms with Gasteiger partial charge >= 0.3 is 6.03 Å². The predicted octanol–water partition coefficient (Wildman–Crippen LogP) is 5.85. The van der Waals surface area contributed by atoms with E-state index in [0.717, 1.165) is 31.6 Å². The van der Waals surface area contributed by atoms with Gasteiger partial charge in [-0.2, -0.15) is 0 Å².